The highest BCUT2D eigenvalue weighted by molar-refractivity contribution is 5.88. The van der Waals surface area contributed by atoms with Gasteiger partial charge in [0.25, 0.3) is 0 Å². The van der Waals surface area contributed by atoms with E-state index in [-0.39, 0.29) is 11.5 Å². The molecular weight excluding hydrogens is 368 g/mol. The van der Waals surface area contributed by atoms with Gasteiger partial charge in [0.2, 0.25) is 5.91 Å². The number of ether oxygens (including phenoxy) is 1. The Kier molecular flexibility index (Phi) is 5.58. The Morgan fingerprint density at radius 2 is 1.90 bits per heavy atom. The van der Waals surface area contributed by atoms with Crippen LogP contribution in [-0.2, 0) is 4.79 Å². The molecule has 2 aliphatic rings. The summed E-state index contributed by atoms with van der Waals surface area (Å²) in [6, 6.07) is 15.0. The molecule has 2 atom stereocenters. The monoisotopic (exact) mass is 396 g/mol. The number of likely N-dealkylation sites (tertiary alicyclic amines) is 1. The van der Waals surface area contributed by atoms with Crippen LogP contribution in [0.25, 0.3) is 0 Å². The van der Waals surface area contributed by atoms with Crippen molar-refractivity contribution in [2.24, 2.45) is 0 Å². The predicted molar refractivity (Wildman–Crippen MR) is 111 cm³/mol. The molecule has 1 saturated heterocycles. The second-order valence-electron chi connectivity index (χ2n) is 8.16. The summed E-state index contributed by atoms with van der Waals surface area (Å²) in [4.78, 5) is 13.4. The highest BCUT2D eigenvalue weighted by atomic mass is 16.5. The summed E-state index contributed by atoms with van der Waals surface area (Å²) in [7, 11) is 0. The number of carbonyl (C=O) groups excluding carboxylic acids is 1. The molecule has 154 valence electrons. The molecule has 6 nitrogen and oxygen atoms in total. The number of piperidine rings is 1. The van der Waals surface area contributed by atoms with Gasteiger partial charge in [-0.1, -0.05) is 30.3 Å². The zero-order valence-corrected chi connectivity index (χ0v) is 16.7. The molecule has 0 bridgehead atoms. The minimum absolute atomic E-state index is 0.113. The number of β-amino-alcohol motifs (C(OH)–C–C–N with tert-alkyl or cyclic N) is 1. The molecule has 2 heterocycles. The molecule has 0 unspecified atom stereocenters. The van der Waals surface area contributed by atoms with Gasteiger partial charge in [-0.25, -0.2) is 0 Å². The number of rotatable bonds is 4. The molecule has 0 aromatic heterocycles. The molecule has 1 spiro atoms. The van der Waals surface area contributed by atoms with Gasteiger partial charge in [-0.05, 0) is 36.6 Å². The van der Waals surface area contributed by atoms with Crippen LogP contribution in [0.15, 0.2) is 48.5 Å². The Balaban J connectivity index is 1.34. The predicted octanol–water partition coefficient (Wildman–Crippen LogP) is 3.03. The van der Waals surface area contributed by atoms with Crippen LogP contribution in [0.3, 0.4) is 0 Å². The normalized spacial score (nSPS) is 21.8. The van der Waals surface area contributed by atoms with Crippen molar-refractivity contribution in [3.63, 3.8) is 0 Å². The van der Waals surface area contributed by atoms with Crippen molar-refractivity contribution in [2.75, 3.05) is 25.0 Å². The van der Waals surface area contributed by atoms with E-state index in [2.05, 4.69) is 10.2 Å². The number of fused-ring (bicyclic) bond motifs is 1. The lowest BCUT2D eigenvalue weighted by atomic mass is 9.81. The first kappa shape index (κ1) is 19.9. The van der Waals surface area contributed by atoms with E-state index in [1.54, 1.807) is 12.1 Å². The minimum Gasteiger partial charge on any atom is -0.487 e. The molecule has 1 fully saturated rings. The lowest BCUT2D eigenvalue weighted by Crippen LogP contribution is -2.51. The van der Waals surface area contributed by atoms with Crippen molar-refractivity contribution < 1.29 is 19.7 Å². The van der Waals surface area contributed by atoms with Crippen molar-refractivity contribution in [3.8, 4) is 5.75 Å². The number of amides is 1. The summed E-state index contributed by atoms with van der Waals surface area (Å²) in [5.41, 5.74) is 2.10. The molecular formula is C23H28N2O4. The molecule has 0 radical (unpaired) electrons. The number of nitrogens with one attached hydrogen (secondary N) is 1. The molecule has 2 aromatic rings. The van der Waals surface area contributed by atoms with Crippen LogP contribution in [0.5, 0.6) is 5.75 Å². The molecule has 2 aromatic carbocycles. The van der Waals surface area contributed by atoms with E-state index < -0.39 is 12.2 Å². The van der Waals surface area contributed by atoms with Crippen LogP contribution in [0.4, 0.5) is 5.69 Å². The van der Waals surface area contributed by atoms with Crippen molar-refractivity contribution in [1.82, 2.24) is 4.90 Å². The first-order valence-corrected chi connectivity index (χ1v) is 10.2. The maximum Gasteiger partial charge on any atom is 0.221 e. The highest BCUT2D eigenvalue weighted by Gasteiger charge is 2.42. The number of aliphatic hydroxyl groups excluding tert-OH is 2. The Hall–Kier alpha value is -2.41. The molecule has 6 heteroatoms. The van der Waals surface area contributed by atoms with Crippen LogP contribution >= 0.6 is 0 Å². The van der Waals surface area contributed by atoms with Crippen molar-refractivity contribution in [1.29, 1.82) is 0 Å². The first-order valence-electron chi connectivity index (χ1n) is 10.2. The van der Waals surface area contributed by atoms with E-state index in [0.29, 0.717) is 13.0 Å². The van der Waals surface area contributed by atoms with Gasteiger partial charge >= 0.3 is 0 Å². The maximum absolute atomic E-state index is 11.1. The van der Waals surface area contributed by atoms with Crippen molar-refractivity contribution in [3.05, 3.63) is 59.7 Å². The SMILES string of the molecule is CC(=O)Nc1ccc([C@@H](O)CN2CCC3(CC2)C[C@@H](O)c2ccccc2O3)cc1. The fourth-order valence-electron chi connectivity index (χ4n) is 4.38. The number of hydrogen-bond acceptors (Lipinski definition) is 5. The number of aliphatic hydroxyl groups is 2. The third-order valence-corrected chi connectivity index (χ3v) is 5.98. The summed E-state index contributed by atoms with van der Waals surface area (Å²) >= 11 is 0. The number of benzene rings is 2. The number of nitrogens with zero attached hydrogens (tertiary/aromatic N) is 1. The average molecular weight is 396 g/mol. The van der Waals surface area contributed by atoms with E-state index in [1.807, 2.05) is 36.4 Å². The first-order chi connectivity index (χ1) is 13.9. The zero-order chi connectivity index (χ0) is 20.4. The second-order valence-corrected chi connectivity index (χ2v) is 8.16. The van der Waals surface area contributed by atoms with Crippen LogP contribution in [-0.4, -0.2) is 46.3 Å². The zero-order valence-electron chi connectivity index (χ0n) is 16.7. The number of para-hydroxylation sites is 1. The van der Waals surface area contributed by atoms with E-state index in [4.69, 9.17) is 4.74 Å². The second kappa shape index (κ2) is 8.14. The van der Waals surface area contributed by atoms with Gasteiger partial charge in [-0.2, -0.15) is 0 Å². The van der Waals surface area contributed by atoms with Crippen LogP contribution < -0.4 is 10.1 Å². The number of carbonyl (C=O) groups is 1. The molecule has 0 aliphatic carbocycles. The van der Waals surface area contributed by atoms with Crippen LogP contribution in [0.2, 0.25) is 0 Å². The molecule has 4 rings (SSSR count). The Morgan fingerprint density at radius 1 is 1.21 bits per heavy atom. The van der Waals surface area contributed by atoms with E-state index in [0.717, 1.165) is 48.5 Å². The van der Waals surface area contributed by atoms with Crippen LogP contribution in [0.1, 0.15) is 49.5 Å². The van der Waals surface area contributed by atoms with E-state index in [9.17, 15) is 15.0 Å². The fraction of sp³-hybridized carbons (Fsp3) is 0.435. The average Bonchev–Trinajstić information content (AvgIpc) is 2.70. The maximum atomic E-state index is 11.1. The Bertz CT molecular complexity index is 859. The topological polar surface area (TPSA) is 82.0 Å². The summed E-state index contributed by atoms with van der Waals surface area (Å²) in [6.07, 6.45) is 1.19. The van der Waals surface area contributed by atoms with Gasteiger partial charge in [-0.3, -0.25) is 4.79 Å². The fourth-order valence-corrected chi connectivity index (χ4v) is 4.38. The lowest BCUT2D eigenvalue weighted by molar-refractivity contribution is -0.114. The summed E-state index contributed by atoms with van der Waals surface area (Å²) in [5.74, 6) is 0.678. The third-order valence-electron chi connectivity index (χ3n) is 5.98. The van der Waals surface area contributed by atoms with Gasteiger partial charge < -0.3 is 25.2 Å². The molecule has 2 aliphatic heterocycles. The summed E-state index contributed by atoms with van der Waals surface area (Å²) in [5, 5.41) is 23.9. The molecule has 29 heavy (non-hydrogen) atoms. The summed E-state index contributed by atoms with van der Waals surface area (Å²) < 4.78 is 6.33. The largest absolute Gasteiger partial charge is 0.487 e. The summed E-state index contributed by atoms with van der Waals surface area (Å²) in [6.45, 7) is 3.65. The molecule has 3 N–H and O–H groups in total. The van der Waals surface area contributed by atoms with Gasteiger partial charge in [0.15, 0.2) is 0 Å². The quantitative estimate of drug-likeness (QED) is 0.740. The van der Waals surface area contributed by atoms with Crippen LogP contribution in [0, 0.1) is 0 Å². The van der Waals surface area contributed by atoms with Gasteiger partial charge in [-0.15, -0.1) is 0 Å². The standard InChI is InChI=1S/C23H28N2O4/c1-16(26)24-18-8-6-17(7-9-18)21(28)15-25-12-10-23(11-13-25)14-20(27)19-4-2-3-5-22(19)29-23/h2-9,20-21,27-28H,10-15H2,1H3,(H,24,26)/t20-,21+/m1/s1. The van der Waals surface area contributed by atoms with E-state index in [1.165, 1.54) is 6.92 Å². The highest BCUT2D eigenvalue weighted by Crippen LogP contribution is 2.44. The molecule has 0 saturated carbocycles. The Labute approximate surface area is 171 Å². The molecule has 1 amide bonds. The Morgan fingerprint density at radius 3 is 2.59 bits per heavy atom. The van der Waals surface area contributed by atoms with Gasteiger partial charge in [0, 0.05) is 44.2 Å². The van der Waals surface area contributed by atoms with Gasteiger partial charge in [0.1, 0.15) is 11.4 Å². The minimum atomic E-state index is -0.589. The lowest BCUT2D eigenvalue weighted by Gasteiger charge is -2.46. The van der Waals surface area contributed by atoms with E-state index >= 15 is 0 Å². The van der Waals surface area contributed by atoms with Crippen molar-refractivity contribution >= 4 is 11.6 Å². The number of anilines is 1. The van der Waals surface area contributed by atoms with Crippen molar-refractivity contribution in [2.45, 2.75) is 44.0 Å². The third kappa shape index (κ3) is 4.45. The number of hydrogen-bond donors (Lipinski definition) is 3. The smallest absolute Gasteiger partial charge is 0.221 e. The van der Waals surface area contributed by atoms with Gasteiger partial charge in [0.05, 0.1) is 12.2 Å².